The van der Waals surface area contributed by atoms with Crippen molar-refractivity contribution >= 4 is 35.8 Å². The first-order valence-corrected chi connectivity index (χ1v) is 22.6. The number of hydrogen-bond acceptors (Lipinski definition) is 12. The van der Waals surface area contributed by atoms with Gasteiger partial charge in [0.2, 0.25) is 0 Å². The summed E-state index contributed by atoms with van der Waals surface area (Å²) in [6, 6.07) is 12.2. The molecule has 4 saturated heterocycles. The number of esters is 6. The van der Waals surface area contributed by atoms with Gasteiger partial charge in [-0.1, -0.05) is 25.7 Å². The van der Waals surface area contributed by atoms with Crippen LogP contribution >= 0.6 is 0 Å². The molecule has 0 aliphatic carbocycles. The molecular formula is C48H66Br2N2O12. The van der Waals surface area contributed by atoms with Gasteiger partial charge in [0.25, 0.3) is 0 Å². The van der Waals surface area contributed by atoms with Crippen molar-refractivity contribution in [3.8, 4) is 23.0 Å². The molecule has 4 bridgehead atoms. The normalized spacial score (nSPS) is 26.3. The molecule has 64 heavy (non-hydrogen) atoms. The Morgan fingerprint density at radius 3 is 1.08 bits per heavy atom. The van der Waals surface area contributed by atoms with Crippen molar-refractivity contribution in [2.45, 2.75) is 180 Å². The molecular weight excluding hydrogens is 956 g/mol. The van der Waals surface area contributed by atoms with Gasteiger partial charge in [-0.05, 0) is 49.2 Å². The summed E-state index contributed by atoms with van der Waals surface area (Å²) in [6.45, 7) is 6.71. The molecule has 2 aromatic rings. The fourth-order valence-electron chi connectivity index (χ4n) is 10.9. The SMILES string of the molecule is CC(=O)Oc1ccc(C[N+]2(C)C3CCC2CC(OC(=O)CCCCCCCCC(=O)OC2CC4CCC(C2)[N+]4(C)Cc2ccc(OC(C)=O)c(OC(C)=O)c2)C3)cc1OC(C)=O.[Br-].[Br-]. The van der Waals surface area contributed by atoms with Gasteiger partial charge in [-0.25, -0.2) is 0 Å². The molecule has 4 aliphatic heterocycles. The van der Waals surface area contributed by atoms with Gasteiger partial charge in [-0.3, -0.25) is 28.8 Å². The fourth-order valence-corrected chi connectivity index (χ4v) is 10.9. The van der Waals surface area contributed by atoms with E-state index in [1.807, 2.05) is 12.1 Å². The topological polar surface area (TPSA) is 158 Å². The van der Waals surface area contributed by atoms with E-state index in [4.69, 9.17) is 28.4 Å². The van der Waals surface area contributed by atoms with Crippen molar-refractivity contribution in [2.24, 2.45) is 0 Å². The summed E-state index contributed by atoms with van der Waals surface area (Å²) in [6.07, 6.45) is 13.7. The number of unbranched alkanes of at least 4 members (excludes halogenated alkanes) is 5. The smallest absolute Gasteiger partial charge is 0.308 e. The Bertz CT molecular complexity index is 1830. The molecule has 4 atom stereocenters. The number of fused-ring (bicyclic) bond motifs is 4. The van der Waals surface area contributed by atoms with Crippen LogP contribution in [0.1, 0.15) is 142 Å². The van der Waals surface area contributed by atoms with E-state index < -0.39 is 23.9 Å². The van der Waals surface area contributed by atoms with Crippen molar-refractivity contribution in [1.29, 1.82) is 0 Å². The van der Waals surface area contributed by atoms with Gasteiger partial charge in [-0.2, -0.15) is 0 Å². The Morgan fingerprint density at radius 2 is 0.766 bits per heavy atom. The van der Waals surface area contributed by atoms with E-state index >= 15 is 0 Å². The van der Waals surface area contributed by atoms with Gasteiger partial charge in [0.15, 0.2) is 23.0 Å². The van der Waals surface area contributed by atoms with E-state index in [1.54, 1.807) is 24.3 Å². The van der Waals surface area contributed by atoms with Crippen molar-refractivity contribution in [3.63, 3.8) is 0 Å². The minimum Gasteiger partial charge on any atom is -1.00 e. The number of piperidine rings is 2. The summed E-state index contributed by atoms with van der Waals surface area (Å²) < 4.78 is 34.9. The minimum atomic E-state index is -0.486. The van der Waals surface area contributed by atoms with Crippen LogP contribution < -0.4 is 52.9 Å². The zero-order chi connectivity index (χ0) is 44.6. The third kappa shape index (κ3) is 13.8. The molecule has 4 unspecified atom stereocenters. The average Bonchev–Trinajstić information content (AvgIpc) is 3.40. The number of carbonyl (C=O) groups excluding carboxylic acids is 6. The summed E-state index contributed by atoms with van der Waals surface area (Å²) in [4.78, 5) is 72.3. The maximum Gasteiger partial charge on any atom is 0.308 e. The number of hydrogen-bond donors (Lipinski definition) is 0. The summed E-state index contributed by atoms with van der Waals surface area (Å²) in [5.74, 6) is -1.28. The van der Waals surface area contributed by atoms with Crippen LogP contribution in [0.3, 0.4) is 0 Å². The van der Waals surface area contributed by atoms with Gasteiger partial charge < -0.3 is 71.4 Å². The largest absolute Gasteiger partial charge is 1.00 e. The minimum absolute atomic E-state index is 0. The highest BCUT2D eigenvalue weighted by Gasteiger charge is 2.53. The fraction of sp³-hybridized carbons (Fsp3) is 0.625. The maximum absolute atomic E-state index is 12.9. The molecule has 0 saturated carbocycles. The second-order valence-electron chi connectivity index (χ2n) is 18.5. The van der Waals surface area contributed by atoms with Gasteiger partial charge >= 0.3 is 35.8 Å². The van der Waals surface area contributed by atoms with Crippen LogP contribution in [0.4, 0.5) is 0 Å². The molecule has 6 rings (SSSR count). The number of halogens is 2. The van der Waals surface area contributed by atoms with E-state index in [0.29, 0.717) is 37.0 Å². The van der Waals surface area contributed by atoms with E-state index in [1.165, 1.54) is 27.7 Å². The van der Waals surface area contributed by atoms with Crippen LogP contribution in [0.15, 0.2) is 36.4 Å². The average molecular weight is 1020 g/mol. The quantitative estimate of drug-likeness (QED) is 0.0869. The second kappa shape index (κ2) is 23.5. The number of quaternary nitrogens is 2. The summed E-state index contributed by atoms with van der Waals surface area (Å²) >= 11 is 0. The van der Waals surface area contributed by atoms with Crippen molar-refractivity contribution < 1.29 is 100 Å². The van der Waals surface area contributed by atoms with Gasteiger partial charge in [0.05, 0.1) is 38.3 Å². The van der Waals surface area contributed by atoms with Crippen LogP contribution in [0.2, 0.25) is 0 Å². The number of benzene rings is 2. The first-order valence-electron chi connectivity index (χ1n) is 22.6. The van der Waals surface area contributed by atoms with Crippen LogP contribution in [-0.4, -0.2) is 95.3 Å². The molecule has 4 aliphatic rings. The number of nitrogens with zero attached hydrogens (tertiary/aromatic N) is 2. The molecule has 0 amide bonds. The number of rotatable bonds is 19. The number of ether oxygens (including phenoxy) is 6. The third-order valence-corrected chi connectivity index (χ3v) is 13.8. The molecule has 0 radical (unpaired) electrons. The lowest BCUT2D eigenvalue weighted by Crippen LogP contribution is -3.00. The monoisotopic (exact) mass is 1020 g/mol. The van der Waals surface area contributed by atoms with Crippen LogP contribution in [0, 0.1) is 0 Å². The Labute approximate surface area is 398 Å². The zero-order valence-corrected chi connectivity index (χ0v) is 41.4. The van der Waals surface area contributed by atoms with Crippen molar-refractivity contribution in [2.75, 3.05) is 14.1 Å². The molecule has 0 aromatic heterocycles. The Hall–Kier alpha value is -3.86. The maximum atomic E-state index is 12.9. The van der Waals surface area contributed by atoms with Gasteiger partial charge in [-0.15, -0.1) is 0 Å². The summed E-state index contributed by atoms with van der Waals surface area (Å²) in [5.41, 5.74) is 1.98. The highest BCUT2D eigenvalue weighted by Crippen LogP contribution is 2.46. The standard InChI is InChI=1S/C48H66N2O12.2BrH/c1-31(51)57-43-21-15-35(23-45(43)59-33(3)53)29-49(5)37-17-18-38(49)26-41(25-37)61-47(55)13-11-9-7-8-10-12-14-48(56)62-42-27-39-19-20-40(28-42)50(39,6)30-36-16-22-44(58-32(2)52)46(24-36)60-34(4)54;;/h15-16,21-24,37-42H,7-14,17-20,25-30H2,1-6H3;2*1H/q+2;;/p-2. The van der Waals surface area contributed by atoms with Gasteiger partial charge in [0.1, 0.15) is 25.3 Å². The van der Waals surface area contributed by atoms with Crippen LogP contribution in [0.25, 0.3) is 0 Å². The molecule has 0 N–H and O–H groups in total. The zero-order valence-electron chi connectivity index (χ0n) is 38.2. The highest BCUT2D eigenvalue weighted by molar-refractivity contribution is 5.75. The van der Waals surface area contributed by atoms with Crippen molar-refractivity contribution in [3.05, 3.63) is 47.5 Å². The number of carbonyl (C=O) groups is 6. The molecule has 4 heterocycles. The lowest BCUT2D eigenvalue weighted by Gasteiger charge is -2.47. The molecule has 354 valence electrons. The highest BCUT2D eigenvalue weighted by atomic mass is 79.9. The Balaban J connectivity index is 0.00000449. The van der Waals surface area contributed by atoms with E-state index in [9.17, 15) is 28.8 Å². The van der Waals surface area contributed by atoms with E-state index in [2.05, 4.69) is 14.1 Å². The predicted molar refractivity (Wildman–Crippen MR) is 227 cm³/mol. The van der Waals surface area contributed by atoms with E-state index in [-0.39, 0.29) is 81.1 Å². The van der Waals surface area contributed by atoms with E-state index in [0.717, 1.165) is 123 Å². The lowest BCUT2D eigenvalue weighted by atomic mass is 9.95. The van der Waals surface area contributed by atoms with Crippen LogP contribution in [-0.2, 0) is 51.3 Å². The lowest BCUT2D eigenvalue weighted by molar-refractivity contribution is -0.961. The first-order chi connectivity index (χ1) is 29.5. The summed E-state index contributed by atoms with van der Waals surface area (Å²) in [7, 11) is 4.52. The first kappa shape index (κ1) is 52.8. The third-order valence-electron chi connectivity index (χ3n) is 13.8. The molecule has 0 spiro atoms. The molecule has 2 aromatic carbocycles. The molecule has 4 fully saturated rings. The summed E-state index contributed by atoms with van der Waals surface area (Å²) in [5, 5.41) is 0. The van der Waals surface area contributed by atoms with Crippen molar-refractivity contribution in [1.82, 2.24) is 0 Å². The molecule has 14 nitrogen and oxygen atoms in total. The van der Waals surface area contributed by atoms with Crippen LogP contribution in [0.5, 0.6) is 23.0 Å². The Kier molecular flexibility index (Phi) is 19.4. The predicted octanol–water partition coefficient (Wildman–Crippen LogP) is 1.58. The van der Waals surface area contributed by atoms with Gasteiger partial charge in [0, 0.05) is 103 Å². The Morgan fingerprint density at radius 1 is 0.469 bits per heavy atom. The second-order valence-corrected chi connectivity index (χ2v) is 18.5. The molecule has 16 heteroatoms.